The molecule has 1 amide bonds. The summed E-state index contributed by atoms with van der Waals surface area (Å²) in [5, 5.41) is 2.91. The fraction of sp³-hybridized carbons (Fsp3) is 0.350. The molecule has 3 N–H and O–H groups in total. The lowest BCUT2D eigenvalue weighted by molar-refractivity contribution is -0.119. The minimum absolute atomic E-state index is 0.000305. The van der Waals surface area contributed by atoms with Crippen LogP contribution in [0.5, 0.6) is 23.0 Å². The molecule has 0 saturated heterocycles. The zero-order valence-corrected chi connectivity index (χ0v) is 18.0. The Kier molecular flexibility index (Phi) is 6.26. The topological polar surface area (TPSA) is 124 Å². The number of methoxy groups -OCH3 is 3. The monoisotopic (exact) mass is 437 g/mol. The quantitative estimate of drug-likeness (QED) is 0.590. The molecule has 30 heavy (non-hydrogen) atoms. The van der Waals surface area contributed by atoms with Gasteiger partial charge in [-0.3, -0.25) is 14.6 Å². The van der Waals surface area contributed by atoms with Gasteiger partial charge in [0.1, 0.15) is 5.75 Å². The average Bonchev–Trinajstić information content (AvgIpc) is 2.82. The van der Waals surface area contributed by atoms with Crippen molar-refractivity contribution in [3.05, 3.63) is 35.4 Å². The molecule has 162 valence electrons. The van der Waals surface area contributed by atoms with Crippen molar-refractivity contribution in [3.8, 4) is 34.1 Å². The second-order valence-electron chi connectivity index (χ2n) is 6.80. The van der Waals surface area contributed by atoms with Crippen LogP contribution in [0.3, 0.4) is 0 Å². The number of hydrogen-bond donors (Lipinski definition) is 3. The predicted molar refractivity (Wildman–Crippen MR) is 109 cm³/mol. The third kappa shape index (κ3) is 4.38. The van der Waals surface area contributed by atoms with Gasteiger partial charge in [-0.25, -0.2) is 4.57 Å². The Balaban J connectivity index is 2.28. The van der Waals surface area contributed by atoms with Crippen LogP contribution in [0.1, 0.15) is 30.5 Å². The molecule has 1 aliphatic carbocycles. The van der Waals surface area contributed by atoms with E-state index < -0.39 is 13.9 Å². The first-order valence-electron chi connectivity index (χ1n) is 9.17. The molecule has 0 unspecified atom stereocenters. The molecule has 0 spiro atoms. The van der Waals surface area contributed by atoms with Crippen molar-refractivity contribution in [1.29, 1.82) is 0 Å². The number of carbonyl (C=O) groups excluding carboxylic acids is 1. The lowest BCUT2D eigenvalue weighted by atomic mass is 9.93. The maximum atomic E-state index is 11.8. The number of phosphoric ester groups is 1. The Labute approximate surface area is 174 Å². The largest absolute Gasteiger partial charge is 0.524 e. The molecule has 1 atom stereocenters. The van der Waals surface area contributed by atoms with E-state index in [4.69, 9.17) is 18.7 Å². The Hall–Kier alpha value is -2.74. The molecule has 1 aliphatic rings. The number of hydrogen-bond acceptors (Lipinski definition) is 6. The van der Waals surface area contributed by atoms with Crippen molar-refractivity contribution in [1.82, 2.24) is 5.32 Å². The molecule has 0 aliphatic heterocycles. The molecule has 0 saturated carbocycles. The molecule has 10 heteroatoms. The number of rotatable bonds is 6. The van der Waals surface area contributed by atoms with Gasteiger partial charge < -0.3 is 24.1 Å². The smallest absolute Gasteiger partial charge is 0.493 e. The minimum atomic E-state index is -4.74. The van der Waals surface area contributed by atoms with E-state index in [-0.39, 0.29) is 11.7 Å². The van der Waals surface area contributed by atoms with Crippen LogP contribution < -0.4 is 24.1 Å². The lowest BCUT2D eigenvalue weighted by Crippen LogP contribution is -2.26. The van der Waals surface area contributed by atoms with Crippen LogP contribution in [0.4, 0.5) is 0 Å². The van der Waals surface area contributed by atoms with E-state index in [1.54, 1.807) is 13.2 Å². The van der Waals surface area contributed by atoms with Crippen LogP contribution in [0.2, 0.25) is 0 Å². The molecule has 0 heterocycles. The summed E-state index contributed by atoms with van der Waals surface area (Å²) in [6.45, 7) is 1.42. The van der Waals surface area contributed by atoms with Crippen molar-refractivity contribution in [3.63, 3.8) is 0 Å². The molecular weight excluding hydrogens is 413 g/mol. The maximum absolute atomic E-state index is 11.8. The van der Waals surface area contributed by atoms with Crippen molar-refractivity contribution >= 4 is 13.7 Å². The van der Waals surface area contributed by atoms with Crippen LogP contribution in [0.15, 0.2) is 24.3 Å². The summed E-state index contributed by atoms with van der Waals surface area (Å²) in [5.74, 6) is 1.20. The number of fused-ring (bicyclic) bond motifs is 3. The maximum Gasteiger partial charge on any atom is 0.524 e. The number of carbonyl (C=O) groups is 1. The average molecular weight is 437 g/mol. The molecule has 0 bridgehead atoms. The van der Waals surface area contributed by atoms with Crippen molar-refractivity contribution in [2.24, 2.45) is 0 Å². The zero-order chi connectivity index (χ0) is 22.1. The van der Waals surface area contributed by atoms with Crippen molar-refractivity contribution < 1.29 is 37.9 Å². The van der Waals surface area contributed by atoms with Crippen LogP contribution in [0.25, 0.3) is 11.1 Å². The standard InChI is InChI=1S/C20H24NO8P/c1-11(22)21-16-8-5-12-9-17(26-2)19(27-3)20(28-4)18(12)14-7-6-13(10-15(14)16)29-30(23,24)25/h6-7,9-10,16H,5,8H2,1-4H3,(H,21,22)(H2,23,24,25)/t16-/m0/s1. The van der Waals surface area contributed by atoms with Crippen molar-refractivity contribution in [2.45, 2.75) is 25.8 Å². The van der Waals surface area contributed by atoms with E-state index in [9.17, 15) is 19.1 Å². The number of nitrogens with one attached hydrogen (secondary N) is 1. The fourth-order valence-electron chi connectivity index (χ4n) is 3.80. The van der Waals surface area contributed by atoms with Crippen LogP contribution in [-0.4, -0.2) is 37.0 Å². The number of phosphoric acid groups is 1. The van der Waals surface area contributed by atoms with E-state index in [2.05, 4.69) is 5.32 Å². The van der Waals surface area contributed by atoms with Gasteiger partial charge in [-0.15, -0.1) is 0 Å². The highest BCUT2D eigenvalue weighted by molar-refractivity contribution is 7.46. The molecule has 0 aromatic heterocycles. The number of benzene rings is 2. The first-order chi connectivity index (χ1) is 14.2. The Morgan fingerprint density at radius 2 is 1.80 bits per heavy atom. The van der Waals surface area contributed by atoms with Gasteiger partial charge in [-0.05, 0) is 47.7 Å². The molecule has 2 aromatic rings. The summed E-state index contributed by atoms with van der Waals surface area (Å²) in [4.78, 5) is 30.2. The molecule has 0 radical (unpaired) electrons. The predicted octanol–water partition coefficient (Wildman–Crippen LogP) is 2.97. The van der Waals surface area contributed by atoms with E-state index in [0.717, 1.165) is 16.7 Å². The Morgan fingerprint density at radius 1 is 1.10 bits per heavy atom. The molecule has 2 aromatic carbocycles. The summed E-state index contributed by atoms with van der Waals surface area (Å²) in [6, 6.07) is 6.16. The van der Waals surface area contributed by atoms with Gasteiger partial charge in [0.15, 0.2) is 11.5 Å². The zero-order valence-electron chi connectivity index (χ0n) is 17.1. The van der Waals surface area contributed by atoms with Gasteiger partial charge >= 0.3 is 7.82 Å². The molecular formula is C20H24NO8P. The van der Waals surface area contributed by atoms with Crippen LogP contribution in [0, 0.1) is 0 Å². The first kappa shape index (κ1) is 22.0. The van der Waals surface area contributed by atoms with E-state index >= 15 is 0 Å². The Bertz CT molecular complexity index is 1020. The van der Waals surface area contributed by atoms with Gasteiger partial charge in [-0.1, -0.05) is 6.07 Å². The van der Waals surface area contributed by atoms with Crippen LogP contribution >= 0.6 is 7.82 Å². The van der Waals surface area contributed by atoms with Gasteiger partial charge in [-0.2, -0.15) is 0 Å². The van der Waals surface area contributed by atoms with E-state index in [1.165, 1.54) is 33.3 Å². The summed E-state index contributed by atoms with van der Waals surface area (Å²) < 4.78 is 32.7. The summed E-state index contributed by atoms with van der Waals surface area (Å²) in [5.41, 5.74) is 3.08. The van der Waals surface area contributed by atoms with E-state index in [1.807, 2.05) is 6.07 Å². The van der Waals surface area contributed by atoms with Crippen LogP contribution in [-0.2, 0) is 15.8 Å². The van der Waals surface area contributed by atoms with Gasteiger partial charge in [0.25, 0.3) is 0 Å². The Morgan fingerprint density at radius 3 is 2.37 bits per heavy atom. The summed E-state index contributed by atoms with van der Waals surface area (Å²) in [7, 11) is -0.151. The van der Waals surface area contributed by atoms with Gasteiger partial charge in [0.2, 0.25) is 11.7 Å². The first-order valence-corrected chi connectivity index (χ1v) is 10.7. The highest BCUT2D eigenvalue weighted by atomic mass is 31.2. The second kappa shape index (κ2) is 8.55. The third-order valence-corrected chi connectivity index (χ3v) is 5.33. The SMILES string of the molecule is COc1cc2c(c(OC)c1OC)-c1ccc(OP(=O)(O)O)cc1[C@@H](NC(C)=O)CC2. The highest BCUT2D eigenvalue weighted by Gasteiger charge is 2.30. The summed E-state index contributed by atoms with van der Waals surface area (Å²) >= 11 is 0. The second-order valence-corrected chi connectivity index (χ2v) is 7.97. The number of aryl methyl sites for hydroxylation is 1. The number of amides is 1. The van der Waals surface area contributed by atoms with E-state index in [0.29, 0.717) is 35.7 Å². The lowest BCUT2D eigenvalue weighted by Gasteiger charge is -2.21. The third-order valence-electron chi connectivity index (χ3n) is 4.88. The summed E-state index contributed by atoms with van der Waals surface area (Å²) in [6.07, 6.45) is 1.15. The van der Waals surface area contributed by atoms with Crippen molar-refractivity contribution in [2.75, 3.05) is 21.3 Å². The molecule has 0 fully saturated rings. The normalized spacial score (nSPS) is 15.3. The fourth-order valence-corrected chi connectivity index (χ4v) is 4.19. The van der Waals surface area contributed by atoms with Gasteiger partial charge in [0.05, 0.1) is 27.4 Å². The number of ether oxygens (including phenoxy) is 3. The highest BCUT2D eigenvalue weighted by Crippen LogP contribution is 2.51. The van der Waals surface area contributed by atoms with Gasteiger partial charge in [0, 0.05) is 12.5 Å². The molecule has 3 rings (SSSR count). The molecule has 9 nitrogen and oxygen atoms in total. The minimum Gasteiger partial charge on any atom is -0.493 e.